The third-order valence-electron chi connectivity index (χ3n) is 2.18. The van der Waals surface area contributed by atoms with Crippen LogP contribution >= 0.6 is 27.5 Å². The smallest absolute Gasteiger partial charge is 0.165 e. The van der Waals surface area contributed by atoms with Crippen LogP contribution in [-0.2, 0) is 9.84 Å². The summed E-state index contributed by atoms with van der Waals surface area (Å²) in [4.78, 5) is 0. The summed E-state index contributed by atoms with van der Waals surface area (Å²) in [5.74, 6) is -0.0272. The monoisotopic (exact) mass is 326 g/mol. The molecule has 1 aromatic rings. The Bertz CT molecular complexity index is 461. The Labute approximate surface area is 108 Å². The Kier molecular flexibility index (Phi) is 4.79. The molecule has 0 saturated carbocycles. The summed E-state index contributed by atoms with van der Waals surface area (Å²) in [5, 5.41) is 10.4. The van der Waals surface area contributed by atoms with Gasteiger partial charge in [-0.15, -0.1) is 0 Å². The van der Waals surface area contributed by atoms with Crippen molar-refractivity contribution in [2.75, 3.05) is 5.75 Å². The molecule has 0 heterocycles. The molecule has 3 nitrogen and oxygen atoms in total. The summed E-state index contributed by atoms with van der Waals surface area (Å²) in [6, 6.07) is 6.51. The average molecular weight is 328 g/mol. The predicted molar refractivity (Wildman–Crippen MR) is 68.6 cm³/mol. The molecular weight excluding hydrogens is 316 g/mol. The average Bonchev–Trinajstić information content (AvgIpc) is 2.27. The molecule has 0 aliphatic heterocycles. The Balaban J connectivity index is 2.99. The second kappa shape index (κ2) is 5.49. The number of sulfone groups is 1. The number of alkyl halides is 1. The number of halogens is 2. The molecule has 1 aromatic carbocycles. The maximum atomic E-state index is 11.6. The van der Waals surface area contributed by atoms with Crippen LogP contribution in [0.2, 0.25) is 5.02 Å². The molecule has 0 saturated heterocycles. The molecule has 2 atom stereocenters. The third kappa shape index (κ3) is 3.20. The van der Waals surface area contributed by atoms with E-state index in [4.69, 9.17) is 11.6 Å². The van der Waals surface area contributed by atoms with Gasteiger partial charge in [0.15, 0.2) is 9.84 Å². The molecular formula is C10H12BrClO3S. The van der Waals surface area contributed by atoms with Crippen LogP contribution in [0, 0.1) is 0 Å². The predicted octanol–water partition coefficient (Wildman–Crippen LogP) is 2.53. The lowest BCUT2D eigenvalue weighted by molar-refractivity contribution is 0.195. The molecule has 0 bridgehead atoms. The number of aliphatic hydroxyl groups is 1. The van der Waals surface area contributed by atoms with Gasteiger partial charge < -0.3 is 5.11 Å². The van der Waals surface area contributed by atoms with Gasteiger partial charge in [-0.05, 0) is 17.7 Å². The highest BCUT2D eigenvalue weighted by Crippen LogP contribution is 2.28. The van der Waals surface area contributed by atoms with Gasteiger partial charge in [-0.3, -0.25) is 0 Å². The minimum atomic E-state index is -3.33. The van der Waals surface area contributed by atoms with Gasteiger partial charge >= 0.3 is 0 Å². The van der Waals surface area contributed by atoms with E-state index in [2.05, 4.69) is 15.9 Å². The highest BCUT2D eigenvalue weighted by molar-refractivity contribution is 9.11. The van der Waals surface area contributed by atoms with E-state index in [0.29, 0.717) is 10.6 Å². The second-order valence-corrected chi connectivity index (χ2v) is 7.74. The quantitative estimate of drug-likeness (QED) is 0.865. The zero-order valence-electron chi connectivity index (χ0n) is 8.60. The molecule has 0 aliphatic carbocycles. The molecule has 0 fully saturated rings. The van der Waals surface area contributed by atoms with Crippen LogP contribution in [0.1, 0.15) is 18.6 Å². The van der Waals surface area contributed by atoms with E-state index < -0.39 is 20.1 Å². The Morgan fingerprint density at radius 2 is 2.12 bits per heavy atom. The van der Waals surface area contributed by atoms with E-state index in [1.165, 1.54) is 6.92 Å². The van der Waals surface area contributed by atoms with E-state index in [1.807, 2.05) is 0 Å². The Hall–Kier alpha value is -0.100. The fourth-order valence-electron chi connectivity index (χ4n) is 1.20. The number of benzene rings is 1. The lowest BCUT2D eigenvalue weighted by Gasteiger charge is -2.17. The molecule has 16 heavy (non-hydrogen) atoms. The standard InChI is InChI=1S/C10H12BrClO3S/c1-2-16(14,15)10(11)9(13)7-4-3-5-8(12)6-7/h3-6,9-10,13H,2H2,1H3/t9-,10-/m1/s1. The Morgan fingerprint density at radius 3 is 2.62 bits per heavy atom. The van der Waals surface area contributed by atoms with Gasteiger partial charge in [0.05, 0.1) is 0 Å². The second-order valence-electron chi connectivity index (χ2n) is 3.30. The van der Waals surface area contributed by atoms with E-state index in [1.54, 1.807) is 24.3 Å². The normalized spacial score (nSPS) is 15.8. The molecule has 90 valence electrons. The molecule has 1 N–H and O–H groups in total. The van der Waals surface area contributed by atoms with E-state index in [-0.39, 0.29) is 5.75 Å². The van der Waals surface area contributed by atoms with Crippen LogP contribution in [0.4, 0.5) is 0 Å². The molecule has 0 radical (unpaired) electrons. The summed E-state index contributed by atoms with van der Waals surface area (Å²) in [5.41, 5.74) is 0.478. The summed E-state index contributed by atoms with van der Waals surface area (Å²) >= 11 is 8.77. The summed E-state index contributed by atoms with van der Waals surface area (Å²) in [6.45, 7) is 1.54. The van der Waals surface area contributed by atoms with Crippen molar-refractivity contribution in [3.05, 3.63) is 34.9 Å². The minimum absolute atomic E-state index is 0.0272. The molecule has 1 rings (SSSR count). The zero-order chi connectivity index (χ0) is 12.3. The van der Waals surface area contributed by atoms with Gasteiger partial charge in [-0.1, -0.05) is 46.6 Å². The molecule has 0 aromatic heterocycles. The molecule has 0 unspecified atom stereocenters. The summed E-state index contributed by atoms with van der Waals surface area (Å²) < 4.78 is 22.1. The van der Waals surface area contributed by atoms with Gasteiger partial charge in [0.1, 0.15) is 10.3 Å². The van der Waals surface area contributed by atoms with Crippen molar-refractivity contribution in [1.82, 2.24) is 0 Å². The summed E-state index contributed by atoms with van der Waals surface area (Å²) in [6.07, 6.45) is -1.12. The van der Waals surface area contributed by atoms with Crippen molar-refractivity contribution < 1.29 is 13.5 Å². The largest absolute Gasteiger partial charge is 0.386 e. The first-order valence-electron chi connectivity index (χ1n) is 4.67. The van der Waals surface area contributed by atoms with Gasteiger partial charge in [0, 0.05) is 10.8 Å². The molecule has 0 amide bonds. The van der Waals surface area contributed by atoms with Crippen molar-refractivity contribution in [2.24, 2.45) is 0 Å². The lowest BCUT2D eigenvalue weighted by atomic mass is 10.1. The van der Waals surface area contributed by atoms with E-state index >= 15 is 0 Å². The van der Waals surface area contributed by atoms with Crippen LogP contribution < -0.4 is 0 Å². The van der Waals surface area contributed by atoms with Crippen LogP contribution in [0.3, 0.4) is 0 Å². The molecule has 6 heteroatoms. The highest BCUT2D eigenvalue weighted by Gasteiger charge is 2.29. The molecule has 0 spiro atoms. The van der Waals surface area contributed by atoms with Crippen molar-refractivity contribution in [3.63, 3.8) is 0 Å². The topological polar surface area (TPSA) is 54.4 Å². The minimum Gasteiger partial charge on any atom is -0.386 e. The highest BCUT2D eigenvalue weighted by atomic mass is 79.9. The van der Waals surface area contributed by atoms with Crippen molar-refractivity contribution in [3.8, 4) is 0 Å². The summed E-state index contributed by atoms with van der Waals surface area (Å²) in [7, 11) is -3.33. The van der Waals surface area contributed by atoms with Crippen molar-refractivity contribution in [1.29, 1.82) is 0 Å². The first-order chi connectivity index (χ1) is 7.38. The first kappa shape index (κ1) is 14.0. The van der Waals surface area contributed by atoms with Gasteiger partial charge in [-0.2, -0.15) is 0 Å². The third-order valence-corrected chi connectivity index (χ3v) is 6.38. The van der Waals surface area contributed by atoms with Crippen molar-refractivity contribution >= 4 is 37.4 Å². The van der Waals surface area contributed by atoms with E-state index in [0.717, 1.165) is 0 Å². The number of rotatable bonds is 4. The van der Waals surface area contributed by atoms with E-state index in [9.17, 15) is 13.5 Å². The lowest BCUT2D eigenvalue weighted by Crippen LogP contribution is -2.24. The maximum absolute atomic E-state index is 11.6. The van der Waals surface area contributed by atoms with Crippen LogP contribution in [0.5, 0.6) is 0 Å². The SMILES string of the molecule is CCS(=O)(=O)[C@@H](Br)[C@H](O)c1cccc(Cl)c1. The Morgan fingerprint density at radius 1 is 1.50 bits per heavy atom. The fraction of sp³-hybridized carbons (Fsp3) is 0.400. The first-order valence-corrected chi connectivity index (χ1v) is 7.68. The van der Waals surface area contributed by atoms with Crippen LogP contribution in [0.15, 0.2) is 24.3 Å². The maximum Gasteiger partial charge on any atom is 0.165 e. The fourth-order valence-corrected chi connectivity index (χ4v) is 3.36. The van der Waals surface area contributed by atoms with Crippen molar-refractivity contribution in [2.45, 2.75) is 17.2 Å². The molecule has 0 aliphatic rings. The van der Waals surface area contributed by atoms with Crippen LogP contribution in [0.25, 0.3) is 0 Å². The van der Waals surface area contributed by atoms with Gasteiger partial charge in [0.25, 0.3) is 0 Å². The number of hydrogen-bond donors (Lipinski definition) is 1. The zero-order valence-corrected chi connectivity index (χ0v) is 11.8. The number of aliphatic hydroxyl groups excluding tert-OH is 1. The van der Waals surface area contributed by atoms with Gasteiger partial charge in [-0.25, -0.2) is 8.42 Å². The number of hydrogen-bond acceptors (Lipinski definition) is 3. The van der Waals surface area contributed by atoms with Gasteiger partial charge in [0.2, 0.25) is 0 Å². The van der Waals surface area contributed by atoms with Crippen LogP contribution in [-0.4, -0.2) is 23.4 Å².